The molecule has 0 radical (unpaired) electrons. The van der Waals surface area contributed by atoms with Gasteiger partial charge >= 0.3 is 6.18 Å². The second kappa shape index (κ2) is 8.47. The second-order valence-corrected chi connectivity index (χ2v) is 7.82. The predicted octanol–water partition coefficient (Wildman–Crippen LogP) is 5.16. The Kier molecular flexibility index (Phi) is 6.23. The van der Waals surface area contributed by atoms with Gasteiger partial charge in [-0.1, -0.05) is 12.2 Å². The van der Waals surface area contributed by atoms with Crippen LogP contribution in [-0.2, 0) is 12.6 Å². The highest BCUT2D eigenvalue weighted by molar-refractivity contribution is 7.80. The van der Waals surface area contributed by atoms with E-state index in [4.69, 9.17) is 12.2 Å². The number of benzene rings is 1. The minimum absolute atomic E-state index is 0.149. The lowest BCUT2D eigenvalue weighted by molar-refractivity contribution is -0.137. The van der Waals surface area contributed by atoms with Gasteiger partial charge in [-0.25, -0.2) is 0 Å². The summed E-state index contributed by atoms with van der Waals surface area (Å²) in [6.07, 6.45) is -1.74. The highest BCUT2D eigenvalue weighted by atomic mass is 32.1. The Hall–Kier alpha value is -2.15. The number of likely N-dealkylation sites (tertiary alicyclic amines) is 1. The molecule has 1 aliphatic rings. The summed E-state index contributed by atoms with van der Waals surface area (Å²) in [7, 11) is 0. The van der Waals surface area contributed by atoms with Gasteiger partial charge in [0.05, 0.1) is 10.6 Å². The number of aryl methyl sites for hydroxylation is 2. The van der Waals surface area contributed by atoms with E-state index in [0.717, 1.165) is 54.4 Å². The number of nitrogens with one attached hydrogen (secondary N) is 1. The second-order valence-electron chi connectivity index (χ2n) is 7.35. The van der Waals surface area contributed by atoms with Crippen LogP contribution in [0.3, 0.4) is 0 Å². The van der Waals surface area contributed by atoms with Crippen LogP contribution in [0.25, 0.3) is 0 Å². The molecule has 2 aromatic rings. The summed E-state index contributed by atoms with van der Waals surface area (Å²) in [6.45, 7) is 5.66. The maximum atomic E-state index is 12.7. The van der Waals surface area contributed by atoms with Crippen LogP contribution in [0.1, 0.15) is 35.4 Å². The molecule has 1 aromatic heterocycles. The van der Waals surface area contributed by atoms with Gasteiger partial charge in [0.1, 0.15) is 0 Å². The molecular weight excluding hydrogens is 383 g/mol. The molecule has 1 aromatic carbocycles. The lowest BCUT2D eigenvalue weighted by Crippen LogP contribution is -2.45. The summed E-state index contributed by atoms with van der Waals surface area (Å²) in [5.74, 6) is 0. The molecule has 0 saturated carbocycles. The molecule has 28 heavy (non-hydrogen) atoms. The van der Waals surface area contributed by atoms with Crippen molar-refractivity contribution in [2.75, 3.05) is 18.4 Å². The van der Waals surface area contributed by atoms with E-state index in [9.17, 15) is 13.2 Å². The number of halogens is 3. The highest BCUT2D eigenvalue weighted by Gasteiger charge is 2.30. The smallest absolute Gasteiger partial charge is 0.381 e. The average molecular weight is 408 g/mol. The van der Waals surface area contributed by atoms with Crippen molar-refractivity contribution in [2.24, 2.45) is 0 Å². The van der Waals surface area contributed by atoms with E-state index in [2.05, 4.69) is 21.3 Å². The van der Waals surface area contributed by atoms with Gasteiger partial charge in [0, 0.05) is 42.6 Å². The number of thiocarbonyl (C=S) groups is 1. The summed E-state index contributed by atoms with van der Waals surface area (Å²) in [6, 6.07) is 9.44. The topological polar surface area (TPSA) is 28.2 Å². The monoisotopic (exact) mass is 407 g/mol. The molecule has 2 heterocycles. The molecule has 7 heteroatoms. The Morgan fingerprint density at radius 2 is 1.93 bits per heavy atom. The van der Waals surface area contributed by atoms with Crippen molar-refractivity contribution < 1.29 is 13.2 Å². The van der Waals surface area contributed by atoms with Crippen molar-refractivity contribution in [3.05, 3.63) is 58.9 Å². The largest absolute Gasteiger partial charge is 0.416 e. The van der Waals surface area contributed by atoms with E-state index < -0.39 is 11.7 Å². The molecule has 1 fully saturated rings. The molecule has 0 bridgehead atoms. The van der Waals surface area contributed by atoms with Crippen LogP contribution in [0.4, 0.5) is 18.9 Å². The molecule has 0 aliphatic carbocycles. The fourth-order valence-corrected chi connectivity index (χ4v) is 3.91. The Morgan fingerprint density at radius 1 is 1.21 bits per heavy atom. The zero-order valence-corrected chi connectivity index (χ0v) is 16.8. The number of nitrogens with zero attached hydrogens (tertiary/aromatic N) is 2. The summed E-state index contributed by atoms with van der Waals surface area (Å²) >= 11 is 5.65. The quantitative estimate of drug-likeness (QED) is 0.709. The molecule has 1 N–H and O–H groups in total. The maximum Gasteiger partial charge on any atom is 0.416 e. The molecule has 1 atom stereocenters. The number of piperidine rings is 1. The number of anilines is 1. The third-order valence-electron chi connectivity index (χ3n) is 4.84. The first kappa shape index (κ1) is 20.6. The van der Waals surface area contributed by atoms with Crippen LogP contribution in [0.15, 0.2) is 36.4 Å². The van der Waals surface area contributed by atoms with Crippen molar-refractivity contribution in [3.63, 3.8) is 0 Å². The molecule has 3 rings (SSSR count). The lowest BCUT2D eigenvalue weighted by Gasteiger charge is -2.35. The SMILES string of the molecule is Cc1cc(C)nc(CC(=S)N2CCCC(Nc3ccc(C(F)(F)F)cc3)C2)c1. The van der Waals surface area contributed by atoms with E-state index in [-0.39, 0.29) is 6.04 Å². The summed E-state index contributed by atoms with van der Waals surface area (Å²) in [5, 5.41) is 3.34. The van der Waals surface area contributed by atoms with Crippen LogP contribution in [0.2, 0.25) is 0 Å². The zero-order chi connectivity index (χ0) is 20.3. The van der Waals surface area contributed by atoms with Crippen molar-refractivity contribution in [1.29, 1.82) is 0 Å². The minimum Gasteiger partial charge on any atom is -0.381 e. The standard InChI is InChI=1S/C21H24F3N3S/c1-14-10-15(2)25-19(11-14)12-20(28)27-9-3-4-18(13-27)26-17-7-5-16(6-8-17)21(22,23)24/h5-8,10-11,18,26H,3-4,9,12-13H2,1-2H3. The van der Waals surface area contributed by atoms with Gasteiger partial charge in [-0.2, -0.15) is 13.2 Å². The number of aromatic nitrogens is 1. The Bertz CT molecular complexity index is 814. The van der Waals surface area contributed by atoms with Gasteiger partial charge < -0.3 is 10.2 Å². The van der Waals surface area contributed by atoms with Crippen LogP contribution in [0.5, 0.6) is 0 Å². The highest BCUT2D eigenvalue weighted by Crippen LogP contribution is 2.30. The Morgan fingerprint density at radius 3 is 2.57 bits per heavy atom. The fourth-order valence-electron chi connectivity index (χ4n) is 3.59. The molecule has 0 spiro atoms. The lowest BCUT2D eigenvalue weighted by atomic mass is 10.0. The molecule has 0 amide bonds. The third-order valence-corrected chi connectivity index (χ3v) is 5.24. The van der Waals surface area contributed by atoms with Gasteiger partial charge in [0.2, 0.25) is 0 Å². The van der Waals surface area contributed by atoms with Gasteiger partial charge in [-0.05, 0) is 68.7 Å². The van der Waals surface area contributed by atoms with Crippen molar-refractivity contribution >= 4 is 22.9 Å². The van der Waals surface area contributed by atoms with Crippen molar-refractivity contribution in [1.82, 2.24) is 9.88 Å². The van der Waals surface area contributed by atoms with Crippen LogP contribution < -0.4 is 5.32 Å². The number of hydrogen-bond acceptors (Lipinski definition) is 3. The zero-order valence-electron chi connectivity index (χ0n) is 16.0. The first-order valence-electron chi connectivity index (χ1n) is 9.36. The molecule has 3 nitrogen and oxygen atoms in total. The van der Waals surface area contributed by atoms with E-state index in [0.29, 0.717) is 12.1 Å². The predicted molar refractivity (Wildman–Crippen MR) is 110 cm³/mol. The maximum absolute atomic E-state index is 12.7. The van der Waals surface area contributed by atoms with E-state index in [1.54, 1.807) is 0 Å². The summed E-state index contributed by atoms with van der Waals surface area (Å²) in [4.78, 5) is 7.60. The first-order chi connectivity index (χ1) is 13.2. The third kappa shape index (κ3) is 5.44. The molecule has 1 aliphatic heterocycles. The number of alkyl halides is 3. The van der Waals surface area contributed by atoms with Gasteiger partial charge in [-0.15, -0.1) is 0 Å². The molecule has 150 valence electrons. The Balaban J connectivity index is 1.59. The Labute approximate surface area is 169 Å². The average Bonchev–Trinajstić information content (AvgIpc) is 2.61. The number of pyridine rings is 1. The molecule has 1 saturated heterocycles. The first-order valence-corrected chi connectivity index (χ1v) is 9.77. The summed E-state index contributed by atoms with van der Waals surface area (Å²) < 4.78 is 38.1. The van der Waals surface area contributed by atoms with Crippen LogP contribution in [0, 0.1) is 13.8 Å². The van der Waals surface area contributed by atoms with Gasteiger partial charge in [-0.3, -0.25) is 4.98 Å². The number of rotatable bonds is 4. The van der Waals surface area contributed by atoms with Gasteiger partial charge in [0.25, 0.3) is 0 Å². The normalized spacial score (nSPS) is 17.5. The minimum atomic E-state index is -4.31. The summed E-state index contributed by atoms with van der Waals surface area (Å²) in [5.41, 5.74) is 3.19. The van der Waals surface area contributed by atoms with Crippen LogP contribution in [-0.4, -0.2) is 34.0 Å². The number of hydrogen-bond donors (Lipinski definition) is 1. The van der Waals surface area contributed by atoms with E-state index >= 15 is 0 Å². The molecule has 1 unspecified atom stereocenters. The van der Waals surface area contributed by atoms with E-state index in [1.165, 1.54) is 17.7 Å². The molecular formula is C21H24F3N3S. The van der Waals surface area contributed by atoms with Gasteiger partial charge in [0.15, 0.2) is 0 Å². The van der Waals surface area contributed by atoms with Crippen LogP contribution >= 0.6 is 12.2 Å². The fraction of sp³-hybridized carbons (Fsp3) is 0.429. The van der Waals surface area contributed by atoms with Crippen molar-refractivity contribution in [3.8, 4) is 0 Å². The van der Waals surface area contributed by atoms with E-state index in [1.807, 2.05) is 19.9 Å². The van der Waals surface area contributed by atoms with Crippen molar-refractivity contribution in [2.45, 2.75) is 45.3 Å².